The minimum absolute atomic E-state index is 0.313. The Kier molecular flexibility index (Phi) is 5.63. The summed E-state index contributed by atoms with van der Waals surface area (Å²) in [5, 5.41) is 4.40. The molecule has 0 saturated heterocycles. The molecule has 1 nitrogen and oxygen atoms in total. The summed E-state index contributed by atoms with van der Waals surface area (Å²) in [7, 11) is 0. The average molecular weight is 288 g/mol. The maximum atomic E-state index is 6.33. The minimum Gasteiger partial charge on any atom is -0.310 e. The van der Waals surface area contributed by atoms with Crippen LogP contribution in [0.4, 0.5) is 0 Å². The van der Waals surface area contributed by atoms with Crippen molar-refractivity contribution in [2.24, 2.45) is 0 Å². The molecule has 0 aromatic heterocycles. The minimum atomic E-state index is 0.313. The lowest BCUT2D eigenvalue weighted by Gasteiger charge is -2.20. The van der Waals surface area contributed by atoms with Crippen LogP contribution in [0.15, 0.2) is 48.5 Å². The van der Waals surface area contributed by atoms with Gasteiger partial charge in [0.05, 0.1) is 0 Å². The van der Waals surface area contributed by atoms with Crippen molar-refractivity contribution in [3.8, 4) is 0 Å². The molecule has 106 valence electrons. The van der Waals surface area contributed by atoms with Crippen molar-refractivity contribution in [2.75, 3.05) is 6.54 Å². The molecule has 0 radical (unpaired) electrons. The molecule has 2 heteroatoms. The first kappa shape index (κ1) is 15.1. The monoisotopic (exact) mass is 287 g/mol. The molecular formula is C18H22ClN. The van der Waals surface area contributed by atoms with Gasteiger partial charge >= 0.3 is 0 Å². The van der Waals surface area contributed by atoms with Gasteiger partial charge in [0.25, 0.3) is 0 Å². The van der Waals surface area contributed by atoms with E-state index in [-0.39, 0.29) is 0 Å². The molecule has 0 saturated carbocycles. The molecule has 20 heavy (non-hydrogen) atoms. The van der Waals surface area contributed by atoms with E-state index in [0.717, 1.165) is 24.4 Å². The molecule has 0 aliphatic rings. The first-order valence-electron chi connectivity index (χ1n) is 7.24. The van der Waals surface area contributed by atoms with Gasteiger partial charge in [-0.2, -0.15) is 0 Å². The molecule has 0 spiro atoms. The summed E-state index contributed by atoms with van der Waals surface area (Å²) in [6, 6.07) is 17.0. The summed E-state index contributed by atoms with van der Waals surface area (Å²) in [6.45, 7) is 5.26. The van der Waals surface area contributed by atoms with E-state index < -0.39 is 0 Å². The van der Waals surface area contributed by atoms with Crippen LogP contribution in [0.2, 0.25) is 5.02 Å². The smallest absolute Gasteiger partial charge is 0.0453 e. The highest BCUT2D eigenvalue weighted by Gasteiger charge is 2.13. The molecule has 2 aromatic carbocycles. The van der Waals surface area contributed by atoms with Gasteiger partial charge in [0.2, 0.25) is 0 Å². The van der Waals surface area contributed by atoms with Crippen LogP contribution in [-0.2, 0) is 6.42 Å². The fourth-order valence-electron chi connectivity index (χ4n) is 2.56. The fourth-order valence-corrected chi connectivity index (χ4v) is 2.83. The lowest BCUT2D eigenvalue weighted by atomic mass is 9.97. The number of benzene rings is 2. The predicted molar refractivity (Wildman–Crippen MR) is 87.4 cm³/mol. The maximum absolute atomic E-state index is 6.33. The third kappa shape index (κ3) is 3.84. The Morgan fingerprint density at radius 3 is 2.45 bits per heavy atom. The third-order valence-corrected chi connectivity index (χ3v) is 4.04. The van der Waals surface area contributed by atoms with Gasteiger partial charge in [-0.3, -0.25) is 0 Å². The summed E-state index contributed by atoms with van der Waals surface area (Å²) in [5.74, 6) is 0. The largest absolute Gasteiger partial charge is 0.310 e. The fraction of sp³-hybridized carbons (Fsp3) is 0.333. The summed E-state index contributed by atoms with van der Waals surface area (Å²) in [6.07, 6.45) is 2.12. The van der Waals surface area contributed by atoms with Gasteiger partial charge in [0.1, 0.15) is 0 Å². The highest BCUT2D eigenvalue weighted by atomic mass is 35.5. The van der Waals surface area contributed by atoms with E-state index in [9.17, 15) is 0 Å². The van der Waals surface area contributed by atoms with E-state index >= 15 is 0 Å². The van der Waals surface area contributed by atoms with Crippen LogP contribution in [0.25, 0.3) is 0 Å². The number of nitrogens with one attached hydrogen (secondary N) is 1. The molecule has 1 atom stereocenters. The molecule has 0 aliphatic heterocycles. The average Bonchev–Trinajstić information content (AvgIpc) is 2.46. The Hall–Kier alpha value is -1.31. The van der Waals surface area contributed by atoms with Gasteiger partial charge in [-0.05, 0) is 49.1 Å². The van der Waals surface area contributed by atoms with Crippen LogP contribution in [0.1, 0.15) is 36.1 Å². The van der Waals surface area contributed by atoms with Gasteiger partial charge in [-0.25, -0.2) is 0 Å². The summed E-state index contributed by atoms with van der Waals surface area (Å²) < 4.78 is 0. The van der Waals surface area contributed by atoms with Crippen LogP contribution in [-0.4, -0.2) is 6.54 Å². The highest BCUT2D eigenvalue weighted by molar-refractivity contribution is 6.31. The molecule has 0 bridgehead atoms. The topological polar surface area (TPSA) is 12.0 Å². The molecule has 0 aliphatic carbocycles. The molecule has 1 N–H and O–H groups in total. The molecule has 0 amide bonds. The van der Waals surface area contributed by atoms with Crippen molar-refractivity contribution in [3.05, 3.63) is 70.2 Å². The molecule has 0 heterocycles. The summed E-state index contributed by atoms with van der Waals surface area (Å²) >= 11 is 6.33. The van der Waals surface area contributed by atoms with Crippen LogP contribution in [0.5, 0.6) is 0 Å². The standard InChI is InChI=1S/C18H22ClN/c1-3-20-18(16-10-6-7-11-17(16)19)13-12-15-9-5-4-8-14(15)2/h4-11,18,20H,3,12-13H2,1-2H3. The van der Waals surface area contributed by atoms with Crippen molar-refractivity contribution in [2.45, 2.75) is 32.7 Å². The zero-order chi connectivity index (χ0) is 14.4. The van der Waals surface area contributed by atoms with E-state index in [1.54, 1.807) is 0 Å². The number of aryl methyl sites for hydroxylation is 2. The summed E-state index contributed by atoms with van der Waals surface area (Å²) in [4.78, 5) is 0. The van der Waals surface area contributed by atoms with Gasteiger partial charge < -0.3 is 5.32 Å². The molecule has 1 unspecified atom stereocenters. The quantitative estimate of drug-likeness (QED) is 0.794. The van der Waals surface area contributed by atoms with Crippen LogP contribution < -0.4 is 5.32 Å². The van der Waals surface area contributed by atoms with Crippen molar-refractivity contribution < 1.29 is 0 Å². The number of rotatable bonds is 6. The molecule has 0 fully saturated rings. The van der Waals surface area contributed by atoms with E-state index in [0.29, 0.717) is 6.04 Å². The number of halogens is 1. The lowest BCUT2D eigenvalue weighted by Crippen LogP contribution is -2.21. The maximum Gasteiger partial charge on any atom is 0.0453 e. The Labute approximate surface area is 127 Å². The SMILES string of the molecule is CCNC(CCc1ccccc1C)c1ccccc1Cl. The van der Waals surface area contributed by atoms with Crippen LogP contribution >= 0.6 is 11.6 Å². The Bertz CT molecular complexity index is 551. The Balaban J connectivity index is 2.11. The molecular weight excluding hydrogens is 266 g/mol. The number of hydrogen-bond acceptors (Lipinski definition) is 1. The van der Waals surface area contributed by atoms with Gasteiger partial charge in [0.15, 0.2) is 0 Å². The highest BCUT2D eigenvalue weighted by Crippen LogP contribution is 2.26. The van der Waals surface area contributed by atoms with E-state index in [1.807, 2.05) is 12.1 Å². The first-order valence-corrected chi connectivity index (χ1v) is 7.62. The zero-order valence-electron chi connectivity index (χ0n) is 12.2. The van der Waals surface area contributed by atoms with Crippen LogP contribution in [0, 0.1) is 6.92 Å². The Morgan fingerprint density at radius 2 is 1.75 bits per heavy atom. The van der Waals surface area contributed by atoms with E-state index in [4.69, 9.17) is 11.6 Å². The van der Waals surface area contributed by atoms with Crippen LogP contribution in [0.3, 0.4) is 0 Å². The number of hydrogen-bond donors (Lipinski definition) is 1. The second-order valence-electron chi connectivity index (χ2n) is 5.10. The second-order valence-corrected chi connectivity index (χ2v) is 5.50. The first-order chi connectivity index (χ1) is 9.72. The molecule has 2 rings (SSSR count). The van der Waals surface area contributed by atoms with E-state index in [2.05, 4.69) is 55.6 Å². The second kappa shape index (κ2) is 7.47. The lowest BCUT2D eigenvalue weighted by molar-refractivity contribution is 0.515. The summed E-state index contributed by atoms with van der Waals surface area (Å²) in [5.41, 5.74) is 3.98. The van der Waals surface area contributed by atoms with Gasteiger partial charge in [-0.15, -0.1) is 0 Å². The van der Waals surface area contributed by atoms with Crippen molar-refractivity contribution >= 4 is 11.6 Å². The van der Waals surface area contributed by atoms with Gasteiger partial charge in [-0.1, -0.05) is 61.0 Å². The van der Waals surface area contributed by atoms with E-state index in [1.165, 1.54) is 16.7 Å². The predicted octanol–water partition coefficient (Wildman–Crippen LogP) is 4.93. The Morgan fingerprint density at radius 1 is 1.05 bits per heavy atom. The van der Waals surface area contributed by atoms with Crippen molar-refractivity contribution in [1.82, 2.24) is 5.32 Å². The zero-order valence-corrected chi connectivity index (χ0v) is 13.0. The van der Waals surface area contributed by atoms with Crippen molar-refractivity contribution in [3.63, 3.8) is 0 Å². The van der Waals surface area contributed by atoms with Crippen molar-refractivity contribution in [1.29, 1.82) is 0 Å². The molecule has 2 aromatic rings. The van der Waals surface area contributed by atoms with Gasteiger partial charge in [0, 0.05) is 11.1 Å². The third-order valence-electron chi connectivity index (χ3n) is 3.69. The normalized spacial score (nSPS) is 12.3.